The van der Waals surface area contributed by atoms with E-state index in [1.165, 1.54) is 6.42 Å². The topological polar surface area (TPSA) is 68.3 Å². The van der Waals surface area contributed by atoms with Crippen molar-refractivity contribution in [1.82, 2.24) is 10.3 Å². The average Bonchev–Trinajstić information content (AvgIpc) is 2.60. The van der Waals surface area contributed by atoms with Crippen molar-refractivity contribution >= 4 is 22.8 Å². The maximum absolute atomic E-state index is 12.5. The molecule has 0 saturated heterocycles. The summed E-state index contributed by atoms with van der Waals surface area (Å²) in [7, 11) is 0. The van der Waals surface area contributed by atoms with Crippen LogP contribution in [0.15, 0.2) is 24.3 Å². The minimum absolute atomic E-state index is 0.214. The van der Waals surface area contributed by atoms with Crippen LogP contribution in [0.4, 0.5) is 0 Å². The number of hydrogen-bond donors (Lipinski definition) is 1. The molecule has 1 aliphatic rings. The minimum Gasteiger partial charge on any atom is -0.452 e. The average molecular weight is 340 g/mol. The van der Waals surface area contributed by atoms with Gasteiger partial charge in [0.05, 0.1) is 11.1 Å². The van der Waals surface area contributed by atoms with Gasteiger partial charge in [0, 0.05) is 17.1 Å². The first-order valence-corrected chi connectivity index (χ1v) is 8.87. The summed E-state index contributed by atoms with van der Waals surface area (Å²) in [5, 5.41) is 3.71. The van der Waals surface area contributed by atoms with Gasteiger partial charge in [0.1, 0.15) is 0 Å². The first kappa shape index (κ1) is 17.4. The Morgan fingerprint density at radius 2 is 1.92 bits per heavy atom. The number of hydrogen-bond acceptors (Lipinski definition) is 4. The summed E-state index contributed by atoms with van der Waals surface area (Å²) in [5.74, 6) is -0.716. The molecule has 1 N–H and O–H groups in total. The zero-order valence-electron chi connectivity index (χ0n) is 14.8. The van der Waals surface area contributed by atoms with Gasteiger partial charge in [0.25, 0.3) is 5.91 Å². The fourth-order valence-corrected chi connectivity index (χ4v) is 3.37. The third-order valence-corrected chi connectivity index (χ3v) is 4.62. The van der Waals surface area contributed by atoms with Gasteiger partial charge in [-0.25, -0.2) is 4.79 Å². The molecule has 1 aromatic carbocycles. The number of fused-ring (bicyclic) bond motifs is 1. The van der Waals surface area contributed by atoms with E-state index in [4.69, 9.17) is 4.74 Å². The molecule has 0 unspecified atom stereocenters. The number of aromatic nitrogens is 1. The second-order valence-corrected chi connectivity index (χ2v) is 6.81. The van der Waals surface area contributed by atoms with Gasteiger partial charge in [-0.3, -0.25) is 9.78 Å². The van der Waals surface area contributed by atoms with Gasteiger partial charge in [0.15, 0.2) is 6.61 Å². The van der Waals surface area contributed by atoms with Gasteiger partial charge in [0.2, 0.25) is 0 Å². The minimum atomic E-state index is -0.486. The summed E-state index contributed by atoms with van der Waals surface area (Å²) in [6.45, 7) is 3.56. The number of aryl methyl sites for hydroxylation is 2. The number of carbonyl (C=O) groups is 2. The standard InChI is InChI=1S/C20H24N2O3/c1-13-8-9-18-16(10-13)17(11-14(2)21-18)20(24)25-12-19(23)22-15-6-4-3-5-7-15/h8-11,15H,3-7,12H2,1-2H3,(H,22,23). The first-order chi connectivity index (χ1) is 12.0. The van der Waals surface area contributed by atoms with Crippen LogP contribution in [0.5, 0.6) is 0 Å². The molecule has 1 saturated carbocycles. The van der Waals surface area contributed by atoms with Crippen LogP contribution in [-0.4, -0.2) is 29.5 Å². The lowest BCUT2D eigenvalue weighted by molar-refractivity contribution is -0.125. The molecule has 0 spiro atoms. The molecule has 1 fully saturated rings. The van der Waals surface area contributed by atoms with Gasteiger partial charge in [-0.2, -0.15) is 0 Å². The number of nitrogens with one attached hydrogen (secondary N) is 1. The summed E-state index contributed by atoms with van der Waals surface area (Å²) < 4.78 is 5.26. The van der Waals surface area contributed by atoms with E-state index < -0.39 is 5.97 Å². The Morgan fingerprint density at radius 3 is 2.68 bits per heavy atom. The summed E-state index contributed by atoms with van der Waals surface area (Å²) in [4.78, 5) is 29.0. The van der Waals surface area contributed by atoms with Crippen molar-refractivity contribution in [3.8, 4) is 0 Å². The quantitative estimate of drug-likeness (QED) is 0.866. The number of carbonyl (C=O) groups excluding carboxylic acids is 2. The Bertz CT molecular complexity index is 795. The van der Waals surface area contributed by atoms with Crippen molar-refractivity contribution in [1.29, 1.82) is 0 Å². The molecule has 0 radical (unpaired) electrons. The normalized spacial score (nSPS) is 15.1. The molecule has 5 heteroatoms. The predicted molar refractivity (Wildman–Crippen MR) is 96.5 cm³/mol. The van der Waals surface area contributed by atoms with Crippen molar-refractivity contribution in [2.75, 3.05) is 6.61 Å². The van der Waals surface area contributed by atoms with Crippen molar-refractivity contribution in [2.24, 2.45) is 0 Å². The van der Waals surface area contributed by atoms with Crippen LogP contribution in [0, 0.1) is 13.8 Å². The molecule has 25 heavy (non-hydrogen) atoms. The zero-order valence-corrected chi connectivity index (χ0v) is 14.8. The maximum Gasteiger partial charge on any atom is 0.339 e. The molecule has 5 nitrogen and oxygen atoms in total. The SMILES string of the molecule is Cc1ccc2nc(C)cc(C(=O)OCC(=O)NC3CCCCC3)c2c1. The molecule has 2 aromatic rings. The maximum atomic E-state index is 12.5. The summed E-state index contributed by atoms with van der Waals surface area (Å²) >= 11 is 0. The highest BCUT2D eigenvalue weighted by Gasteiger charge is 2.18. The Hall–Kier alpha value is -2.43. The molecule has 0 atom stereocenters. The lowest BCUT2D eigenvalue weighted by Gasteiger charge is -2.22. The van der Waals surface area contributed by atoms with Crippen molar-refractivity contribution < 1.29 is 14.3 Å². The number of rotatable bonds is 4. The van der Waals surface area contributed by atoms with Crippen LogP contribution in [0.3, 0.4) is 0 Å². The van der Waals surface area contributed by atoms with E-state index in [1.807, 2.05) is 32.0 Å². The summed E-state index contributed by atoms with van der Waals surface area (Å²) in [5.41, 5.74) is 3.00. The van der Waals surface area contributed by atoms with E-state index in [9.17, 15) is 9.59 Å². The lowest BCUT2D eigenvalue weighted by atomic mass is 9.95. The Labute approximate surface area is 147 Å². The molecule has 1 amide bonds. The monoisotopic (exact) mass is 340 g/mol. The Morgan fingerprint density at radius 1 is 1.16 bits per heavy atom. The van der Waals surface area contributed by atoms with Gasteiger partial charge in [-0.05, 0) is 44.9 Å². The van der Waals surface area contributed by atoms with Crippen LogP contribution < -0.4 is 5.32 Å². The van der Waals surface area contributed by atoms with Crippen molar-refractivity contribution in [2.45, 2.75) is 52.0 Å². The third-order valence-electron chi connectivity index (χ3n) is 4.62. The van der Waals surface area contributed by atoms with Crippen LogP contribution in [0.1, 0.15) is 53.7 Å². The van der Waals surface area contributed by atoms with Crippen molar-refractivity contribution in [3.05, 3.63) is 41.1 Å². The van der Waals surface area contributed by atoms with Crippen LogP contribution in [-0.2, 0) is 9.53 Å². The summed E-state index contributed by atoms with van der Waals surface area (Å²) in [6, 6.07) is 7.70. The largest absolute Gasteiger partial charge is 0.452 e. The van der Waals surface area contributed by atoms with Gasteiger partial charge >= 0.3 is 5.97 Å². The molecular weight excluding hydrogens is 316 g/mol. The second kappa shape index (κ2) is 7.64. The third kappa shape index (κ3) is 4.35. The van der Waals surface area contributed by atoms with Crippen molar-refractivity contribution in [3.63, 3.8) is 0 Å². The molecule has 0 bridgehead atoms. The van der Waals surface area contributed by atoms with E-state index >= 15 is 0 Å². The highest BCUT2D eigenvalue weighted by atomic mass is 16.5. The number of nitrogens with zero attached hydrogens (tertiary/aromatic N) is 1. The Kier molecular flexibility index (Phi) is 5.31. The lowest BCUT2D eigenvalue weighted by Crippen LogP contribution is -2.38. The molecule has 1 heterocycles. The second-order valence-electron chi connectivity index (χ2n) is 6.81. The fraction of sp³-hybridized carbons (Fsp3) is 0.450. The van der Waals surface area contributed by atoms with E-state index in [0.29, 0.717) is 5.56 Å². The van der Waals surface area contributed by atoms with Crippen LogP contribution in [0.2, 0.25) is 0 Å². The van der Waals surface area contributed by atoms with E-state index in [1.54, 1.807) is 6.07 Å². The van der Waals surface area contributed by atoms with E-state index in [-0.39, 0.29) is 18.6 Å². The molecule has 0 aliphatic heterocycles. The smallest absolute Gasteiger partial charge is 0.339 e. The molecule has 1 aliphatic carbocycles. The highest BCUT2D eigenvalue weighted by molar-refractivity contribution is 6.04. The molecule has 132 valence electrons. The van der Waals surface area contributed by atoms with Gasteiger partial charge in [-0.15, -0.1) is 0 Å². The zero-order chi connectivity index (χ0) is 17.8. The number of benzene rings is 1. The highest BCUT2D eigenvalue weighted by Crippen LogP contribution is 2.21. The number of esters is 1. The Balaban J connectivity index is 1.67. The van der Waals surface area contributed by atoms with E-state index in [2.05, 4.69) is 10.3 Å². The molecular formula is C20H24N2O3. The predicted octanol–water partition coefficient (Wildman–Crippen LogP) is 3.46. The van der Waals surface area contributed by atoms with Gasteiger partial charge < -0.3 is 10.1 Å². The number of ether oxygens (including phenoxy) is 1. The van der Waals surface area contributed by atoms with E-state index in [0.717, 1.165) is 47.8 Å². The van der Waals surface area contributed by atoms with Crippen LogP contribution in [0.25, 0.3) is 10.9 Å². The fourth-order valence-electron chi connectivity index (χ4n) is 3.37. The molecule has 3 rings (SSSR count). The number of pyridine rings is 1. The van der Waals surface area contributed by atoms with Gasteiger partial charge in [-0.1, -0.05) is 30.9 Å². The summed E-state index contributed by atoms with van der Waals surface area (Å²) in [6.07, 6.45) is 5.54. The number of amides is 1. The molecule has 1 aromatic heterocycles. The van der Waals surface area contributed by atoms with Crippen LogP contribution >= 0.6 is 0 Å². The first-order valence-electron chi connectivity index (χ1n) is 8.87.